The van der Waals surface area contributed by atoms with Gasteiger partial charge in [0.15, 0.2) is 11.4 Å². The van der Waals surface area contributed by atoms with E-state index in [1.807, 2.05) is 44.2 Å². The van der Waals surface area contributed by atoms with Crippen LogP contribution in [0.3, 0.4) is 0 Å². The van der Waals surface area contributed by atoms with Gasteiger partial charge in [0.2, 0.25) is 5.95 Å². The summed E-state index contributed by atoms with van der Waals surface area (Å²) < 4.78 is 20.0. The van der Waals surface area contributed by atoms with Crippen LogP contribution in [0.4, 0.5) is 16.2 Å². The fraction of sp³-hybridized carbons (Fsp3) is 0.241. The summed E-state index contributed by atoms with van der Waals surface area (Å²) in [6.07, 6.45) is 4.08. The zero-order valence-electron chi connectivity index (χ0n) is 21.8. The normalized spacial score (nSPS) is 12.9. The SMILES string of the molecule is Cc1nc(NC(C)c2cccc(-c3cnc(NCC(O)CO)nc3)c2)cc(-c2cc(F)c3occ(C)c3c2)n1. The first-order valence-corrected chi connectivity index (χ1v) is 12.6. The number of rotatable bonds is 9. The molecule has 0 aliphatic rings. The molecule has 10 heteroatoms. The molecule has 0 bridgehead atoms. The van der Waals surface area contributed by atoms with Gasteiger partial charge < -0.3 is 25.3 Å². The Morgan fingerprint density at radius 1 is 1.00 bits per heavy atom. The van der Waals surface area contributed by atoms with Crippen LogP contribution in [0.5, 0.6) is 0 Å². The van der Waals surface area contributed by atoms with Crippen LogP contribution in [0.1, 0.15) is 29.9 Å². The number of hydrogen-bond acceptors (Lipinski definition) is 9. The van der Waals surface area contributed by atoms with Gasteiger partial charge in [-0.15, -0.1) is 0 Å². The van der Waals surface area contributed by atoms with Crippen molar-refractivity contribution < 1.29 is 19.0 Å². The maximum atomic E-state index is 14.7. The lowest BCUT2D eigenvalue weighted by Gasteiger charge is -2.17. The van der Waals surface area contributed by atoms with E-state index in [0.29, 0.717) is 28.8 Å². The number of nitrogens with one attached hydrogen (secondary N) is 2. The highest BCUT2D eigenvalue weighted by Crippen LogP contribution is 2.31. The number of furan rings is 1. The van der Waals surface area contributed by atoms with Gasteiger partial charge in [-0.1, -0.05) is 18.2 Å². The Morgan fingerprint density at radius 2 is 1.79 bits per heavy atom. The molecule has 0 fully saturated rings. The minimum atomic E-state index is -0.876. The minimum Gasteiger partial charge on any atom is -0.461 e. The molecule has 5 aromatic rings. The summed E-state index contributed by atoms with van der Waals surface area (Å²) in [5, 5.41) is 25.5. The van der Waals surface area contributed by atoms with Crippen LogP contribution in [0.25, 0.3) is 33.4 Å². The molecule has 2 unspecified atom stereocenters. The van der Waals surface area contributed by atoms with Crippen molar-refractivity contribution in [3.05, 3.63) is 83.9 Å². The predicted octanol–water partition coefficient (Wildman–Crippen LogP) is 5.04. The van der Waals surface area contributed by atoms with E-state index in [9.17, 15) is 9.50 Å². The average Bonchev–Trinajstić information content (AvgIpc) is 3.32. The van der Waals surface area contributed by atoms with E-state index < -0.39 is 11.9 Å². The number of aliphatic hydroxyl groups excluding tert-OH is 2. The van der Waals surface area contributed by atoms with Gasteiger partial charge in [-0.3, -0.25) is 0 Å². The summed E-state index contributed by atoms with van der Waals surface area (Å²) >= 11 is 0. The highest BCUT2D eigenvalue weighted by Gasteiger charge is 2.15. The molecule has 0 amide bonds. The summed E-state index contributed by atoms with van der Waals surface area (Å²) in [7, 11) is 0. The van der Waals surface area contributed by atoms with E-state index in [4.69, 9.17) is 9.52 Å². The van der Waals surface area contributed by atoms with E-state index in [1.165, 1.54) is 6.07 Å². The van der Waals surface area contributed by atoms with Crippen molar-refractivity contribution in [1.82, 2.24) is 19.9 Å². The van der Waals surface area contributed by atoms with Crippen molar-refractivity contribution in [2.45, 2.75) is 32.9 Å². The molecule has 2 aromatic carbocycles. The predicted molar refractivity (Wildman–Crippen MR) is 148 cm³/mol. The van der Waals surface area contributed by atoms with Gasteiger partial charge in [-0.25, -0.2) is 24.3 Å². The number of anilines is 2. The first kappa shape index (κ1) is 26.2. The third-order valence-electron chi connectivity index (χ3n) is 6.40. The van der Waals surface area contributed by atoms with Gasteiger partial charge in [0.25, 0.3) is 0 Å². The number of aromatic nitrogens is 4. The lowest BCUT2D eigenvalue weighted by molar-refractivity contribution is 0.105. The van der Waals surface area contributed by atoms with Crippen LogP contribution in [0.15, 0.2) is 65.5 Å². The van der Waals surface area contributed by atoms with Crippen LogP contribution >= 0.6 is 0 Å². The molecule has 3 heterocycles. The molecule has 0 aliphatic carbocycles. The lowest BCUT2D eigenvalue weighted by atomic mass is 10.0. The first-order valence-electron chi connectivity index (χ1n) is 12.6. The summed E-state index contributed by atoms with van der Waals surface area (Å²) in [5.74, 6) is 1.14. The van der Waals surface area contributed by atoms with E-state index in [0.717, 1.165) is 27.6 Å². The number of aryl methyl sites for hydroxylation is 2. The zero-order chi connectivity index (χ0) is 27.5. The monoisotopic (exact) mass is 528 g/mol. The fourth-order valence-electron chi connectivity index (χ4n) is 4.29. The van der Waals surface area contributed by atoms with Crippen molar-refractivity contribution in [2.24, 2.45) is 0 Å². The van der Waals surface area contributed by atoms with Gasteiger partial charge >= 0.3 is 0 Å². The van der Waals surface area contributed by atoms with Crippen molar-refractivity contribution >= 4 is 22.7 Å². The second kappa shape index (κ2) is 11.1. The van der Waals surface area contributed by atoms with E-state index >= 15 is 0 Å². The largest absolute Gasteiger partial charge is 0.461 e. The number of benzene rings is 2. The van der Waals surface area contributed by atoms with Crippen molar-refractivity contribution in [2.75, 3.05) is 23.8 Å². The molecule has 0 saturated heterocycles. The molecule has 4 N–H and O–H groups in total. The number of hydrogen-bond donors (Lipinski definition) is 4. The Labute approximate surface area is 224 Å². The van der Waals surface area contributed by atoms with Crippen LogP contribution < -0.4 is 10.6 Å². The summed E-state index contributed by atoms with van der Waals surface area (Å²) in [4.78, 5) is 17.7. The highest BCUT2D eigenvalue weighted by atomic mass is 19.1. The first-order chi connectivity index (χ1) is 18.8. The average molecular weight is 529 g/mol. The van der Waals surface area contributed by atoms with Crippen molar-refractivity contribution in [3.8, 4) is 22.4 Å². The van der Waals surface area contributed by atoms with Crippen LogP contribution in [-0.2, 0) is 0 Å². The fourth-order valence-corrected chi connectivity index (χ4v) is 4.29. The lowest BCUT2D eigenvalue weighted by Crippen LogP contribution is -2.23. The van der Waals surface area contributed by atoms with Crippen LogP contribution in [0, 0.1) is 19.7 Å². The van der Waals surface area contributed by atoms with E-state index in [2.05, 4.69) is 36.6 Å². The third kappa shape index (κ3) is 5.87. The highest BCUT2D eigenvalue weighted by molar-refractivity contribution is 5.86. The molecular formula is C29H29FN6O3. The third-order valence-corrected chi connectivity index (χ3v) is 6.40. The molecule has 0 radical (unpaired) electrons. The molecule has 200 valence electrons. The van der Waals surface area contributed by atoms with Gasteiger partial charge in [0.05, 0.1) is 24.7 Å². The van der Waals surface area contributed by atoms with E-state index in [1.54, 1.807) is 25.6 Å². The Kier molecular flexibility index (Phi) is 7.49. The van der Waals surface area contributed by atoms with Crippen molar-refractivity contribution in [3.63, 3.8) is 0 Å². The standard InChI is InChI=1S/C29H29FN6O3/c1-16-15-39-28-24(16)8-21(9-25(28)30)26-10-27(36-18(3)35-26)34-17(2)19-5-4-6-20(7-19)22-11-31-29(32-12-22)33-13-23(38)14-37/h4-12,15,17,23,37-38H,13-14H2,1-3H3,(H,31,32,33)(H,34,35,36). The number of aliphatic hydroxyl groups is 2. The number of fused-ring (bicyclic) bond motifs is 1. The summed E-state index contributed by atoms with van der Waals surface area (Å²) in [5.41, 5.74) is 5.18. The maximum Gasteiger partial charge on any atom is 0.222 e. The Hall–Kier alpha value is -4.41. The quantitative estimate of drug-likeness (QED) is 0.208. The minimum absolute atomic E-state index is 0.0933. The van der Waals surface area contributed by atoms with E-state index in [-0.39, 0.29) is 24.8 Å². The van der Waals surface area contributed by atoms with Gasteiger partial charge in [0.1, 0.15) is 11.6 Å². The molecular weight excluding hydrogens is 499 g/mol. The van der Waals surface area contributed by atoms with Crippen LogP contribution in [0.2, 0.25) is 0 Å². The molecule has 2 atom stereocenters. The maximum absolute atomic E-state index is 14.7. The second-order valence-electron chi connectivity index (χ2n) is 9.44. The topological polar surface area (TPSA) is 129 Å². The molecule has 0 spiro atoms. The Balaban J connectivity index is 1.34. The molecule has 0 aliphatic heterocycles. The molecule has 0 saturated carbocycles. The summed E-state index contributed by atoms with van der Waals surface area (Å²) in [6, 6.07) is 13.1. The van der Waals surface area contributed by atoms with Crippen LogP contribution in [-0.4, -0.2) is 49.4 Å². The summed E-state index contributed by atoms with van der Waals surface area (Å²) in [6.45, 7) is 5.54. The number of nitrogens with zero attached hydrogens (tertiary/aromatic N) is 4. The molecule has 3 aromatic heterocycles. The zero-order valence-corrected chi connectivity index (χ0v) is 21.8. The molecule has 39 heavy (non-hydrogen) atoms. The Bertz CT molecular complexity index is 1610. The smallest absolute Gasteiger partial charge is 0.222 e. The van der Waals surface area contributed by atoms with Crippen molar-refractivity contribution in [1.29, 1.82) is 0 Å². The second-order valence-corrected chi connectivity index (χ2v) is 9.44. The Morgan fingerprint density at radius 3 is 2.56 bits per heavy atom. The number of halogens is 1. The molecule has 9 nitrogen and oxygen atoms in total. The van der Waals surface area contributed by atoms with Gasteiger partial charge in [0, 0.05) is 47.6 Å². The van der Waals surface area contributed by atoms with Gasteiger partial charge in [-0.2, -0.15) is 0 Å². The van der Waals surface area contributed by atoms with Gasteiger partial charge in [-0.05, 0) is 55.7 Å². The molecule has 5 rings (SSSR count).